The zero-order chi connectivity index (χ0) is 21.2. The topological polar surface area (TPSA) is 95.9 Å². The van der Waals surface area contributed by atoms with Gasteiger partial charge in [0.15, 0.2) is 0 Å². The van der Waals surface area contributed by atoms with Gasteiger partial charge in [0.25, 0.3) is 0 Å². The quantitative estimate of drug-likeness (QED) is 0.348. The molecule has 1 amide bonds. The molecule has 0 aromatic rings. The second-order valence-corrected chi connectivity index (χ2v) is 10.1. The predicted molar refractivity (Wildman–Crippen MR) is 117 cm³/mol. The van der Waals surface area contributed by atoms with Crippen LogP contribution in [0.2, 0.25) is 0 Å². The SMILES string of the molecule is CCOC(=O)[C@H](CSCCSC1CCCC1)N[C@@H](C)C(=O)N1CCC[C@H]1C(=O)O. The van der Waals surface area contributed by atoms with Gasteiger partial charge in [-0.2, -0.15) is 23.5 Å². The third-order valence-electron chi connectivity index (χ3n) is 5.38. The van der Waals surface area contributed by atoms with Crippen molar-refractivity contribution in [3.05, 3.63) is 0 Å². The van der Waals surface area contributed by atoms with Crippen LogP contribution < -0.4 is 5.32 Å². The Morgan fingerprint density at radius 3 is 2.55 bits per heavy atom. The van der Waals surface area contributed by atoms with Crippen LogP contribution in [-0.4, -0.2) is 81.6 Å². The van der Waals surface area contributed by atoms with Crippen LogP contribution >= 0.6 is 23.5 Å². The summed E-state index contributed by atoms with van der Waals surface area (Å²) in [6, 6.07) is -1.99. The van der Waals surface area contributed by atoms with Crippen LogP contribution in [0.4, 0.5) is 0 Å². The number of esters is 1. The van der Waals surface area contributed by atoms with Gasteiger partial charge in [0, 0.05) is 29.1 Å². The lowest BCUT2D eigenvalue weighted by molar-refractivity contribution is -0.150. The second-order valence-electron chi connectivity index (χ2n) is 7.57. The van der Waals surface area contributed by atoms with E-state index in [0.29, 0.717) is 25.1 Å². The van der Waals surface area contributed by atoms with Crippen molar-refractivity contribution in [1.29, 1.82) is 0 Å². The zero-order valence-corrected chi connectivity index (χ0v) is 19.1. The van der Waals surface area contributed by atoms with E-state index < -0.39 is 24.1 Å². The molecule has 0 spiro atoms. The minimum absolute atomic E-state index is 0.272. The van der Waals surface area contributed by atoms with E-state index in [1.54, 1.807) is 25.6 Å². The Labute approximate surface area is 182 Å². The molecule has 2 aliphatic rings. The number of thioether (sulfide) groups is 2. The largest absolute Gasteiger partial charge is 0.480 e. The van der Waals surface area contributed by atoms with Crippen LogP contribution in [0.25, 0.3) is 0 Å². The Balaban J connectivity index is 1.81. The summed E-state index contributed by atoms with van der Waals surface area (Å²) in [5.74, 6) is 0.941. The number of nitrogens with one attached hydrogen (secondary N) is 1. The summed E-state index contributed by atoms with van der Waals surface area (Å²) in [6.07, 6.45) is 6.47. The zero-order valence-electron chi connectivity index (χ0n) is 17.4. The van der Waals surface area contributed by atoms with Gasteiger partial charge in [-0.25, -0.2) is 4.79 Å². The maximum Gasteiger partial charge on any atom is 0.326 e. The Morgan fingerprint density at radius 1 is 1.17 bits per heavy atom. The van der Waals surface area contributed by atoms with Crippen LogP contribution in [-0.2, 0) is 19.1 Å². The first-order valence-electron chi connectivity index (χ1n) is 10.6. The van der Waals surface area contributed by atoms with Gasteiger partial charge in [-0.1, -0.05) is 12.8 Å². The minimum atomic E-state index is -0.972. The fraction of sp³-hybridized carbons (Fsp3) is 0.850. The second kappa shape index (κ2) is 12.7. The molecule has 0 bridgehead atoms. The molecular formula is C20H34N2O5S2. The fourth-order valence-corrected chi connectivity index (χ4v) is 6.36. The fourth-order valence-electron chi connectivity index (χ4n) is 3.87. The number of carbonyl (C=O) groups is 3. The third-order valence-corrected chi connectivity index (χ3v) is 8.08. The van der Waals surface area contributed by atoms with E-state index >= 15 is 0 Å². The number of likely N-dealkylation sites (tertiary alicyclic amines) is 1. The van der Waals surface area contributed by atoms with Gasteiger partial charge in [-0.15, -0.1) is 0 Å². The molecule has 1 saturated heterocycles. The predicted octanol–water partition coefficient (Wildman–Crippen LogP) is 2.38. The molecule has 1 aliphatic carbocycles. The molecule has 1 aliphatic heterocycles. The molecule has 29 heavy (non-hydrogen) atoms. The van der Waals surface area contributed by atoms with E-state index in [1.165, 1.54) is 30.6 Å². The number of hydrogen-bond donors (Lipinski definition) is 2. The van der Waals surface area contributed by atoms with E-state index in [9.17, 15) is 19.5 Å². The monoisotopic (exact) mass is 446 g/mol. The Kier molecular flexibility index (Phi) is 10.7. The van der Waals surface area contributed by atoms with Crippen LogP contribution in [0.15, 0.2) is 0 Å². The maximum atomic E-state index is 12.7. The molecule has 166 valence electrons. The molecule has 2 rings (SSSR count). The van der Waals surface area contributed by atoms with Crippen LogP contribution in [0, 0.1) is 0 Å². The molecule has 0 unspecified atom stereocenters. The first-order chi connectivity index (χ1) is 13.9. The molecule has 1 saturated carbocycles. The summed E-state index contributed by atoms with van der Waals surface area (Å²) >= 11 is 3.71. The summed E-state index contributed by atoms with van der Waals surface area (Å²) in [6.45, 7) is 4.18. The molecule has 2 N–H and O–H groups in total. The lowest BCUT2D eigenvalue weighted by Gasteiger charge is -2.27. The summed E-state index contributed by atoms with van der Waals surface area (Å²) in [4.78, 5) is 37.9. The summed E-state index contributed by atoms with van der Waals surface area (Å²) in [5.41, 5.74) is 0. The number of hydrogen-bond acceptors (Lipinski definition) is 7. The minimum Gasteiger partial charge on any atom is -0.480 e. The number of carboxylic acids is 1. The first-order valence-corrected chi connectivity index (χ1v) is 12.8. The number of carboxylic acid groups (broad SMARTS) is 1. The maximum absolute atomic E-state index is 12.7. The third kappa shape index (κ3) is 7.68. The van der Waals surface area contributed by atoms with Crippen molar-refractivity contribution < 1.29 is 24.2 Å². The molecule has 1 heterocycles. The first kappa shape index (κ1) is 24.3. The van der Waals surface area contributed by atoms with Crippen LogP contribution in [0.5, 0.6) is 0 Å². The number of nitrogens with zero attached hydrogens (tertiary/aromatic N) is 1. The van der Waals surface area contributed by atoms with Gasteiger partial charge in [0.1, 0.15) is 12.1 Å². The summed E-state index contributed by atoms with van der Waals surface area (Å²) in [5, 5.41) is 13.2. The van der Waals surface area contributed by atoms with E-state index in [-0.39, 0.29) is 18.5 Å². The number of carbonyl (C=O) groups excluding carboxylic acids is 2. The lowest BCUT2D eigenvalue weighted by atomic mass is 10.2. The van der Waals surface area contributed by atoms with Gasteiger partial charge in [-0.05, 0) is 39.5 Å². The molecule has 2 fully saturated rings. The van der Waals surface area contributed by atoms with E-state index in [2.05, 4.69) is 5.32 Å². The number of amides is 1. The highest BCUT2D eigenvalue weighted by atomic mass is 32.2. The average molecular weight is 447 g/mol. The summed E-state index contributed by atoms with van der Waals surface area (Å²) in [7, 11) is 0. The molecule has 3 atom stereocenters. The standard InChI is InChI=1S/C20H34N2O5S2/c1-3-27-20(26)16(13-28-11-12-29-15-7-4-5-8-15)21-14(2)18(23)22-10-6-9-17(22)19(24)25/h14-17,21H,3-13H2,1-2H3,(H,24,25)/t14-,16-,17-/m0/s1. The molecule has 0 aromatic carbocycles. The molecule has 0 aromatic heterocycles. The van der Waals surface area contributed by atoms with Crippen molar-refractivity contribution in [2.45, 2.75) is 75.7 Å². The van der Waals surface area contributed by atoms with Crippen molar-refractivity contribution in [1.82, 2.24) is 10.2 Å². The highest BCUT2D eigenvalue weighted by Gasteiger charge is 2.37. The molecule has 7 nitrogen and oxygen atoms in total. The van der Waals surface area contributed by atoms with E-state index in [1.807, 2.05) is 11.8 Å². The van der Waals surface area contributed by atoms with Crippen LogP contribution in [0.1, 0.15) is 52.4 Å². The van der Waals surface area contributed by atoms with E-state index in [4.69, 9.17) is 4.74 Å². The van der Waals surface area contributed by atoms with E-state index in [0.717, 1.165) is 16.8 Å². The van der Waals surface area contributed by atoms with Gasteiger partial charge in [0.2, 0.25) is 5.91 Å². The Bertz CT molecular complexity index is 557. The van der Waals surface area contributed by atoms with Crippen molar-refractivity contribution in [2.75, 3.05) is 30.4 Å². The smallest absolute Gasteiger partial charge is 0.326 e. The molecular weight excluding hydrogens is 412 g/mol. The van der Waals surface area contributed by atoms with Gasteiger partial charge >= 0.3 is 11.9 Å². The number of ether oxygens (including phenoxy) is 1. The van der Waals surface area contributed by atoms with Crippen LogP contribution in [0.3, 0.4) is 0 Å². The van der Waals surface area contributed by atoms with Gasteiger partial charge in [-0.3, -0.25) is 14.9 Å². The van der Waals surface area contributed by atoms with Crippen molar-refractivity contribution in [3.63, 3.8) is 0 Å². The average Bonchev–Trinajstić information content (AvgIpc) is 3.38. The normalized spacial score (nSPS) is 21.9. The van der Waals surface area contributed by atoms with Crippen molar-refractivity contribution in [2.24, 2.45) is 0 Å². The van der Waals surface area contributed by atoms with Gasteiger partial charge in [0.05, 0.1) is 12.6 Å². The van der Waals surface area contributed by atoms with Crippen molar-refractivity contribution in [3.8, 4) is 0 Å². The lowest BCUT2D eigenvalue weighted by Crippen LogP contribution is -2.54. The molecule has 9 heteroatoms. The van der Waals surface area contributed by atoms with Crippen molar-refractivity contribution >= 4 is 41.4 Å². The number of aliphatic carboxylic acids is 1. The highest BCUT2D eigenvalue weighted by molar-refractivity contribution is 8.03. The molecule has 0 radical (unpaired) electrons. The Hall–Kier alpha value is -0.930. The Morgan fingerprint density at radius 2 is 1.90 bits per heavy atom. The van der Waals surface area contributed by atoms with Gasteiger partial charge < -0.3 is 14.7 Å². The highest BCUT2D eigenvalue weighted by Crippen LogP contribution is 2.29. The number of rotatable bonds is 12. The summed E-state index contributed by atoms with van der Waals surface area (Å²) < 4.78 is 5.17.